The van der Waals surface area contributed by atoms with Crippen LogP contribution < -0.4 is 10.2 Å². The summed E-state index contributed by atoms with van der Waals surface area (Å²) in [6, 6.07) is 16.4. The summed E-state index contributed by atoms with van der Waals surface area (Å²) in [7, 11) is 0. The van der Waals surface area contributed by atoms with Gasteiger partial charge in [-0.15, -0.1) is 0 Å². The summed E-state index contributed by atoms with van der Waals surface area (Å²) in [6.07, 6.45) is 1.16. The molecule has 7 nitrogen and oxygen atoms in total. The van der Waals surface area contributed by atoms with E-state index in [4.69, 9.17) is 39.5 Å². The van der Waals surface area contributed by atoms with Gasteiger partial charge in [0.25, 0.3) is 5.69 Å². The van der Waals surface area contributed by atoms with Crippen LogP contribution in [0.25, 0.3) is 0 Å². The number of nitro benzene ring substituents is 1. The highest BCUT2D eigenvalue weighted by atomic mass is 35.5. The molecule has 0 aliphatic rings. The van der Waals surface area contributed by atoms with Crippen LogP contribution in [0.5, 0.6) is 5.75 Å². The standard InChI is InChI=1S/C22H16Cl3N3O4/c23-17-7-3-1-6-16(17)13-32-22-18(24)9-14(10-19(22)25)12-26-27-21(29)11-15-5-2-4-8-20(15)28(30)31/h1-10,12H,11,13H2,(H,27,29)/b26-12+. The molecule has 1 amide bonds. The second-order valence-electron chi connectivity index (χ2n) is 6.55. The van der Waals surface area contributed by atoms with Gasteiger partial charge in [-0.1, -0.05) is 71.2 Å². The Morgan fingerprint density at radius 2 is 1.62 bits per heavy atom. The van der Waals surface area contributed by atoms with E-state index in [0.29, 0.717) is 16.3 Å². The molecule has 3 aromatic rings. The minimum atomic E-state index is -0.536. The number of hydrazone groups is 1. The molecule has 0 heterocycles. The van der Waals surface area contributed by atoms with Gasteiger partial charge < -0.3 is 4.74 Å². The third-order valence-corrected chi connectivity index (χ3v) is 5.22. The number of nitrogens with one attached hydrogen (secondary N) is 1. The number of hydrogen-bond acceptors (Lipinski definition) is 5. The lowest BCUT2D eigenvalue weighted by Crippen LogP contribution is -2.20. The van der Waals surface area contributed by atoms with Gasteiger partial charge >= 0.3 is 0 Å². The van der Waals surface area contributed by atoms with Gasteiger partial charge in [-0.3, -0.25) is 14.9 Å². The van der Waals surface area contributed by atoms with Crippen molar-refractivity contribution in [2.24, 2.45) is 5.10 Å². The molecular weight excluding hydrogens is 477 g/mol. The minimum Gasteiger partial charge on any atom is -0.486 e. The Labute approximate surface area is 198 Å². The smallest absolute Gasteiger partial charge is 0.273 e. The second kappa shape index (κ2) is 10.9. The van der Waals surface area contributed by atoms with E-state index in [1.54, 1.807) is 24.3 Å². The summed E-state index contributed by atoms with van der Waals surface area (Å²) >= 11 is 18.7. The van der Waals surface area contributed by atoms with Gasteiger partial charge in [0.05, 0.1) is 27.6 Å². The monoisotopic (exact) mass is 491 g/mol. The van der Waals surface area contributed by atoms with Crippen LogP contribution in [0.2, 0.25) is 15.1 Å². The van der Waals surface area contributed by atoms with Crippen molar-refractivity contribution in [2.45, 2.75) is 13.0 Å². The lowest BCUT2D eigenvalue weighted by atomic mass is 10.1. The summed E-state index contributed by atoms with van der Waals surface area (Å²) in [6.45, 7) is 0.189. The van der Waals surface area contributed by atoms with Crippen LogP contribution in [0.15, 0.2) is 65.8 Å². The normalized spacial score (nSPS) is 10.8. The quantitative estimate of drug-likeness (QED) is 0.243. The molecule has 0 unspecified atom stereocenters. The zero-order valence-corrected chi connectivity index (χ0v) is 18.7. The molecule has 0 aliphatic carbocycles. The highest BCUT2D eigenvalue weighted by Crippen LogP contribution is 2.34. The molecule has 0 spiro atoms. The second-order valence-corrected chi connectivity index (χ2v) is 7.77. The maximum absolute atomic E-state index is 12.1. The number of rotatable bonds is 8. The van der Waals surface area contributed by atoms with E-state index in [9.17, 15) is 14.9 Å². The molecule has 0 radical (unpaired) electrons. The fourth-order valence-corrected chi connectivity index (χ4v) is 3.59. The van der Waals surface area contributed by atoms with Crippen LogP contribution in [0.1, 0.15) is 16.7 Å². The number of ether oxygens (including phenoxy) is 1. The van der Waals surface area contributed by atoms with Crippen molar-refractivity contribution in [1.82, 2.24) is 5.43 Å². The fraction of sp³-hybridized carbons (Fsp3) is 0.0909. The molecule has 3 rings (SSSR count). The maximum Gasteiger partial charge on any atom is 0.273 e. The number of hydrogen-bond donors (Lipinski definition) is 1. The van der Waals surface area contributed by atoms with Crippen LogP contribution in [0.4, 0.5) is 5.69 Å². The van der Waals surface area contributed by atoms with Crippen molar-refractivity contribution in [3.63, 3.8) is 0 Å². The number of halogens is 3. The molecule has 0 fully saturated rings. The average molecular weight is 493 g/mol. The van der Waals surface area contributed by atoms with E-state index in [1.807, 2.05) is 18.2 Å². The summed E-state index contributed by atoms with van der Waals surface area (Å²) in [5.74, 6) is -0.210. The van der Waals surface area contributed by atoms with Gasteiger partial charge in [0.15, 0.2) is 5.75 Å². The Hall–Kier alpha value is -3.13. The van der Waals surface area contributed by atoms with E-state index in [1.165, 1.54) is 24.4 Å². The first kappa shape index (κ1) is 23.5. The number of nitro groups is 1. The molecular formula is C22H16Cl3N3O4. The maximum atomic E-state index is 12.1. The van der Waals surface area contributed by atoms with Crippen molar-refractivity contribution < 1.29 is 14.5 Å². The molecule has 0 saturated heterocycles. The lowest BCUT2D eigenvalue weighted by Gasteiger charge is -2.11. The molecule has 10 heteroatoms. The topological polar surface area (TPSA) is 93.8 Å². The Balaban J connectivity index is 1.62. The highest BCUT2D eigenvalue weighted by Gasteiger charge is 2.15. The van der Waals surface area contributed by atoms with Gasteiger partial charge in [0.2, 0.25) is 5.91 Å². The van der Waals surface area contributed by atoms with Gasteiger partial charge in [-0.25, -0.2) is 5.43 Å². The van der Waals surface area contributed by atoms with Crippen LogP contribution in [-0.4, -0.2) is 17.0 Å². The van der Waals surface area contributed by atoms with Crippen LogP contribution in [-0.2, 0) is 17.8 Å². The first-order valence-corrected chi connectivity index (χ1v) is 10.4. The van der Waals surface area contributed by atoms with E-state index < -0.39 is 10.8 Å². The van der Waals surface area contributed by atoms with E-state index in [0.717, 1.165) is 5.56 Å². The fourth-order valence-electron chi connectivity index (χ4n) is 2.79. The van der Waals surface area contributed by atoms with Crippen molar-refractivity contribution in [1.29, 1.82) is 0 Å². The average Bonchev–Trinajstić information content (AvgIpc) is 2.74. The molecule has 1 N–H and O–H groups in total. The van der Waals surface area contributed by atoms with Crippen molar-refractivity contribution in [3.8, 4) is 5.75 Å². The van der Waals surface area contributed by atoms with Crippen molar-refractivity contribution in [2.75, 3.05) is 0 Å². The summed E-state index contributed by atoms with van der Waals surface area (Å²) in [4.78, 5) is 22.6. The molecule has 32 heavy (non-hydrogen) atoms. The van der Waals surface area contributed by atoms with Crippen LogP contribution >= 0.6 is 34.8 Å². The minimum absolute atomic E-state index is 0.127. The zero-order valence-electron chi connectivity index (χ0n) is 16.4. The Bertz CT molecular complexity index is 1160. The molecule has 0 aromatic heterocycles. The number of carbonyl (C=O) groups excluding carboxylic acids is 1. The largest absolute Gasteiger partial charge is 0.486 e. The van der Waals surface area contributed by atoms with Crippen molar-refractivity contribution in [3.05, 3.63) is 103 Å². The van der Waals surface area contributed by atoms with Gasteiger partial charge in [0, 0.05) is 22.2 Å². The predicted octanol–water partition coefficient (Wildman–Crippen LogP) is 5.83. The number of amides is 1. The number of carbonyl (C=O) groups is 1. The third-order valence-electron chi connectivity index (χ3n) is 4.29. The molecule has 0 saturated carbocycles. The molecule has 164 valence electrons. The summed E-state index contributed by atoms with van der Waals surface area (Å²) < 4.78 is 5.71. The van der Waals surface area contributed by atoms with Gasteiger partial charge in [-0.2, -0.15) is 5.10 Å². The number of nitrogens with zero attached hydrogens (tertiary/aromatic N) is 2. The molecule has 0 aliphatic heterocycles. The van der Waals surface area contributed by atoms with Crippen LogP contribution in [0, 0.1) is 10.1 Å². The first-order valence-electron chi connectivity index (χ1n) is 9.24. The number of para-hydroxylation sites is 1. The number of benzene rings is 3. The van der Waals surface area contributed by atoms with E-state index in [2.05, 4.69) is 10.5 Å². The Morgan fingerprint density at radius 1 is 1.00 bits per heavy atom. The Kier molecular flexibility index (Phi) is 8.05. The van der Waals surface area contributed by atoms with Crippen molar-refractivity contribution >= 4 is 52.6 Å². The zero-order chi connectivity index (χ0) is 23.1. The predicted molar refractivity (Wildman–Crippen MR) is 125 cm³/mol. The lowest BCUT2D eigenvalue weighted by molar-refractivity contribution is -0.385. The SMILES string of the molecule is O=C(Cc1ccccc1[N+](=O)[O-])N/N=C/c1cc(Cl)c(OCc2ccccc2Cl)c(Cl)c1. The molecule has 0 atom stereocenters. The van der Waals surface area contributed by atoms with E-state index in [-0.39, 0.29) is 34.3 Å². The third kappa shape index (κ3) is 6.20. The van der Waals surface area contributed by atoms with Gasteiger partial charge in [-0.05, 0) is 23.8 Å². The molecule has 3 aromatic carbocycles. The van der Waals surface area contributed by atoms with Crippen LogP contribution in [0.3, 0.4) is 0 Å². The Morgan fingerprint density at radius 3 is 2.28 bits per heavy atom. The first-order chi connectivity index (χ1) is 15.3. The highest BCUT2D eigenvalue weighted by molar-refractivity contribution is 6.37. The summed E-state index contributed by atoms with van der Waals surface area (Å²) in [5, 5.41) is 16.0. The van der Waals surface area contributed by atoms with Gasteiger partial charge in [0.1, 0.15) is 6.61 Å². The van der Waals surface area contributed by atoms with E-state index >= 15 is 0 Å². The summed E-state index contributed by atoms with van der Waals surface area (Å²) in [5.41, 5.74) is 3.80. The molecule has 0 bridgehead atoms.